The molecule has 2 amide bonds. The fourth-order valence-electron chi connectivity index (χ4n) is 2.55. The zero-order chi connectivity index (χ0) is 18.4. The number of nitrogens with two attached hydrogens (primary N) is 1. The Balaban J connectivity index is 2.03. The van der Waals surface area contributed by atoms with Crippen molar-refractivity contribution in [3.63, 3.8) is 0 Å². The Morgan fingerprint density at radius 2 is 2.24 bits per heavy atom. The first-order valence-corrected chi connectivity index (χ1v) is 9.17. The van der Waals surface area contributed by atoms with Gasteiger partial charge in [0.2, 0.25) is 11.8 Å². The molecule has 138 valence electrons. The quantitative estimate of drug-likeness (QED) is 0.678. The highest BCUT2D eigenvalue weighted by molar-refractivity contribution is 9.10. The summed E-state index contributed by atoms with van der Waals surface area (Å²) in [4.78, 5) is 28.1. The van der Waals surface area contributed by atoms with Crippen LogP contribution in [0.2, 0.25) is 0 Å². The lowest BCUT2D eigenvalue weighted by molar-refractivity contribution is -0.120. The molecule has 1 aliphatic rings. The standard InChI is InChI=1S/C17H24BrN3O4/c1-10(2)8-14(15(19)22)20-16(23)13-6-5-12(18)17(21-13)25-9-11-4-3-7-24-11/h5-6,10-11,14H,3-4,7-9H2,1-2H3,(H2,19,22)(H,20,23)/t11-,14?/m0/s1. The van der Waals surface area contributed by atoms with Crippen LogP contribution in [-0.2, 0) is 9.53 Å². The minimum absolute atomic E-state index is 0.0523. The minimum atomic E-state index is -0.728. The van der Waals surface area contributed by atoms with Crippen molar-refractivity contribution in [3.8, 4) is 5.88 Å². The highest BCUT2D eigenvalue weighted by Crippen LogP contribution is 2.24. The molecule has 0 aromatic carbocycles. The normalized spacial score (nSPS) is 18.2. The first kappa shape index (κ1) is 19.7. The molecule has 0 bridgehead atoms. The minimum Gasteiger partial charge on any atom is -0.474 e. The van der Waals surface area contributed by atoms with Crippen LogP contribution < -0.4 is 15.8 Å². The Kier molecular flexibility index (Phi) is 7.19. The second kappa shape index (κ2) is 9.15. The van der Waals surface area contributed by atoms with Crippen LogP contribution in [0.5, 0.6) is 5.88 Å². The van der Waals surface area contributed by atoms with Gasteiger partial charge in [-0.1, -0.05) is 13.8 Å². The van der Waals surface area contributed by atoms with Gasteiger partial charge in [-0.05, 0) is 53.2 Å². The van der Waals surface area contributed by atoms with Gasteiger partial charge in [-0.25, -0.2) is 4.98 Å². The maximum absolute atomic E-state index is 12.4. The number of nitrogens with one attached hydrogen (secondary N) is 1. The van der Waals surface area contributed by atoms with Crippen molar-refractivity contribution in [3.05, 3.63) is 22.3 Å². The number of halogens is 1. The van der Waals surface area contributed by atoms with E-state index >= 15 is 0 Å². The van der Waals surface area contributed by atoms with E-state index < -0.39 is 17.9 Å². The van der Waals surface area contributed by atoms with Gasteiger partial charge in [0.1, 0.15) is 18.3 Å². The number of nitrogens with zero attached hydrogens (tertiary/aromatic N) is 1. The van der Waals surface area contributed by atoms with Crippen molar-refractivity contribution < 1.29 is 19.1 Å². The largest absolute Gasteiger partial charge is 0.474 e. The molecular weight excluding hydrogens is 390 g/mol. The molecule has 1 aromatic rings. The molecule has 7 nitrogen and oxygen atoms in total. The first-order valence-electron chi connectivity index (χ1n) is 8.38. The third kappa shape index (κ3) is 5.97. The van der Waals surface area contributed by atoms with Gasteiger partial charge in [0.15, 0.2) is 0 Å². The SMILES string of the molecule is CC(C)CC(NC(=O)c1ccc(Br)c(OC[C@@H]2CCCO2)n1)C(N)=O. The fraction of sp³-hybridized carbons (Fsp3) is 0.588. The molecular formula is C17H24BrN3O4. The van der Waals surface area contributed by atoms with Gasteiger partial charge in [0.05, 0.1) is 10.6 Å². The van der Waals surface area contributed by atoms with E-state index in [2.05, 4.69) is 26.2 Å². The van der Waals surface area contributed by atoms with Crippen LogP contribution >= 0.6 is 15.9 Å². The molecule has 1 fully saturated rings. The highest BCUT2D eigenvalue weighted by atomic mass is 79.9. The van der Waals surface area contributed by atoms with E-state index in [9.17, 15) is 9.59 Å². The van der Waals surface area contributed by atoms with Gasteiger partial charge < -0.3 is 20.5 Å². The molecule has 2 heterocycles. The third-order valence-electron chi connectivity index (χ3n) is 3.83. The molecule has 1 aromatic heterocycles. The molecule has 1 saturated heterocycles. The van der Waals surface area contributed by atoms with Crippen LogP contribution in [0.3, 0.4) is 0 Å². The molecule has 2 rings (SSSR count). The number of aromatic nitrogens is 1. The van der Waals surface area contributed by atoms with Gasteiger partial charge in [-0.15, -0.1) is 0 Å². The summed E-state index contributed by atoms with van der Waals surface area (Å²) in [6.45, 7) is 5.04. The lowest BCUT2D eigenvalue weighted by atomic mass is 10.0. The summed E-state index contributed by atoms with van der Waals surface area (Å²) in [5.41, 5.74) is 5.53. The number of amides is 2. The summed E-state index contributed by atoms with van der Waals surface area (Å²) >= 11 is 3.36. The highest BCUT2D eigenvalue weighted by Gasteiger charge is 2.22. The van der Waals surface area contributed by atoms with Crippen molar-refractivity contribution >= 4 is 27.7 Å². The van der Waals surface area contributed by atoms with E-state index in [1.807, 2.05) is 13.8 Å². The molecule has 0 spiro atoms. The summed E-state index contributed by atoms with van der Waals surface area (Å²) in [5.74, 6) is -0.475. The van der Waals surface area contributed by atoms with Gasteiger partial charge >= 0.3 is 0 Å². The van der Waals surface area contributed by atoms with E-state index in [0.717, 1.165) is 19.4 Å². The number of ether oxygens (including phenoxy) is 2. The Morgan fingerprint density at radius 3 is 2.84 bits per heavy atom. The molecule has 3 N–H and O–H groups in total. The number of carbonyl (C=O) groups excluding carboxylic acids is 2. The van der Waals surface area contributed by atoms with Crippen molar-refractivity contribution in [2.24, 2.45) is 11.7 Å². The zero-order valence-corrected chi connectivity index (χ0v) is 16.0. The number of rotatable bonds is 8. The molecule has 0 radical (unpaired) electrons. The zero-order valence-electron chi connectivity index (χ0n) is 14.5. The van der Waals surface area contributed by atoms with E-state index in [-0.39, 0.29) is 17.7 Å². The molecule has 2 atom stereocenters. The maximum atomic E-state index is 12.4. The lowest BCUT2D eigenvalue weighted by Crippen LogP contribution is -2.45. The van der Waals surface area contributed by atoms with Crippen molar-refractivity contribution in [1.29, 1.82) is 0 Å². The van der Waals surface area contributed by atoms with Crippen molar-refractivity contribution in [2.75, 3.05) is 13.2 Å². The first-order chi connectivity index (χ1) is 11.9. The fourth-order valence-corrected chi connectivity index (χ4v) is 2.88. The van der Waals surface area contributed by atoms with Gasteiger partial charge in [0, 0.05) is 6.61 Å². The number of pyridine rings is 1. The second-order valence-electron chi connectivity index (χ2n) is 6.49. The monoisotopic (exact) mass is 413 g/mol. The summed E-state index contributed by atoms with van der Waals surface area (Å²) < 4.78 is 11.8. The van der Waals surface area contributed by atoms with E-state index in [4.69, 9.17) is 15.2 Å². The van der Waals surface area contributed by atoms with Crippen LogP contribution in [-0.4, -0.2) is 42.2 Å². The lowest BCUT2D eigenvalue weighted by Gasteiger charge is -2.17. The molecule has 8 heteroatoms. The van der Waals surface area contributed by atoms with E-state index in [0.29, 0.717) is 23.4 Å². The molecule has 1 unspecified atom stereocenters. The van der Waals surface area contributed by atoms with E-state index in [1.165, 1.54) is 0 Å². The van der Waals surface area contributed by atoms with Crippen LogP contribution in [0, 0.1) is 5.92 Å². The Labute approximate surface area is 155 Å². The predicted molar refractivity (Wildman–Crippen MR) is 96.3 cm³/mol. The summed E-state index contributed by atoms with van der Waals surface area (Å²) in [6, 6.07) is 2.52. The van der Waals surface area contributed by atoms with Gasteiger partial charge in [-0.3, -0.25) is 9.59 Å². The summed E-state index contributed by atoms with van der Waals surface area (Å²) in [5, 5.41) is 2.64. The third-order valence-corrected chi connectivity index (χ3v) is 4.44. The smallest absolute Gasteiger partial charge is 0.270 e. The Bertz CT molecular complexity index is 618. The topological polar surface area (TPSA) is 104 Å². The Hall–Kier alpha value is -1.67. The van der Waals surface area contributed by atoms with Crippen LogP contribution in [0.4, 0.5) is 0 Å². The van der Waals surface area contributed by atoms with Crippen molar-refractivity contribution in [1.82, 2.24) is 10.3 Å². The number of hydrogen-bond acceptors (Lipinski definition) is 5. The summed E-state index contributed by atoms with van der Waals surface area (Å²) in [6.07, 6.45) is 2.50. The Morgan fingerprint density at radius 1 is 1.48 bits per heavy atom. The van der Waals surface area contributed by atoms with E-state index in [1.54, 1.807) is 12.1 Å². The average Bonchev–Trinajstić information content (AvgIpc) is 3.06. The van der Waals surface area contributed by atoms with Gasteiger partial charge in [-0.2, -0.15) is 0 Å². The van der Waals surface area contributed by atoms with Crippen molar-refractivity contribution in [2.45, 2.75) is 45.3 Å². The van der Waals surface area contributed by atoms with Crippen LogP contribution in [0.25, 0.3) is 0 Å². The number of hydrogen-bond donors (Lipinski definition) is 2. The molecule has 25 heavy (non-hydrogen) atoms. The second-order valence-corrected chi connectivity index (χ2v) is 7.34. The predicted octanol–water partition coefficient (Wildman–Crippen LogP) is 2.03. The summed E-state index contributed by atoms with van der Waals surface area (Å²) in [7, 11) is 0. The van der Waals surface area contributed by atoms with Crippen LogP contribution in [0.15, 0.2) is 16.6 Å². The van der Waals surface area contributed by atoms with Gasteiger partial charge in [0.25, 0.3) is 5.91 Å². The number of primary amides is 1. The maximum Gasteiger partial charge on any atom is 0.270 e. The molecule has 1 aliphatic heterocycles. The molecule has 0 aliphatic carbocycles. The average molecular weight is 414 g/mol. The number of carbonyl (C=O) groups is 2. The van der Waals surface area contributed by atoms with Crippen LogP contribution in [0.1, 0.15) is 43.6 Å². The molecule has 0 saturated carbocycles.